The van der Waals surface area contributed by atoms with Gasteiger partial charge in [-0.25, -0.2) is 0 Å². The van der Waals surface area contributed by atoms with Crippen molar-refractivity contribution in [3.8, 4) is 17.2 Å². The van der Waals surface area contributed by atoms with E-state index in [1.54, 1.807) is 12.1 Å². The minimum Gasteiger partial charge on any atom is -0.344 e. The second-order valence-corrected chi connectivity index (χ2v) is 7.28. The molecule has 1 heterocycles. The van der Waals surface area contributed by atoms with Crippen molar-refractivity contribution in [1.29, 1.82) is 5.26 Å². The monoisotopic (exact) mass is 370 g/mol. The number of nitrogens with zero attached hydrogens (tertiary/aromatic N) is 3. The van der Waals surface area contributed by atoms with Crippen LogP contribution in [0.15, 0.2) is 60.8 Å². The molecular formula is C23H22N4O. The lowest BCUT2D eigenvalue weighted by Crippen LogP contribution is -2.27. The van der Waals surface area contributed by atoms with Crippen LogP contribution in [0.3, 0.4) is 0 Å². The van der Waals surface area contributed by atoms with Crippen LogP contribution in [0.2, 0.25) is 0 Å². The van der Waals surface area contributed by atoms with Crippen molar-refractivity contribution in [2.45, 2.75) is 38.3 Å². The minimum atomic E-state index is -0.156. The van der Waals surface area contributed by atoms with Crippen LogP contribution in [0, 0.1) is 11.3 Å². The van der Waals surface area contributed by atoms with Crippen LogP contribution in [0.4, 0.5) is 0 Å². The van der Waals surface area contributed by atoms with Crippen molar-refractivity contribution in [2.75, 3.05) is 0 Å². The number of hydrogen-bond acceptors (Lipinski definition) is 3. The Labute approximate surface area is 164 Å². The molecule has 0 aliphatic heterocycles. The zero-order chi connectivity index (χ0) is 19.5. The second kappa shape index (κ2) is 7.69. The molecule has 5 nitrogen and oxygen atoms in total. The Balaban J connectivity index is 1.43. The number of amides is 1. The maximum absolute atomic E-state index is 12.5. The van der Waals surface area contributed by atoms with Crippen LogP contribution in [0.1, 0.15) is 59.9 Å². The van der Waals surface area contributed by atoms with E-state index in [1.165, 1.54) is 6.42 Å². The van der Waals surface area contributed by atoms with Crippen molar-refractivity contribution < 1.29 is 4.79 Å². The quantitative estimate of drug-likeness (QED) is 0.711. The molecule has 2 aromatic carbocycles. The molecule has 1 saturated carbocycles. The molecule has 1 aliphatic carbocycles. The third kappa shape index (κ3) is 3.67. The van der Waals surface area contributed by atoms with E-state index < -0.39 is 0 Å². The average Bonchev–Trinajstić information content (AvgIpc) is 3.16. The summed E-state index contributed by atoms with van der Waals surface area (Å²) in [6.07, 6.45) is 5.42. The lowest BCUT2D eigenvalue weighted by atomic mass is 9.93. The molecule has 0 bridgehead atoms. The highest BCUT2D eigenvalue weighted by atomic mass is 16.2. The summed E-state index contributed by atoms with van der Waals surface area (Å²) < 4.78 is 1.91. The Bertz CT molecular complexity index is 1030. The molecule has 1 N–H and O–H groups in total. The van der Waals surface area contributed by atoms with Crippen molar-refractivity contribution in [3.05, 3.63) is 77.6 Å². The van der Waals surface area contributed by atoms with Gasteiger partial charge in [-0.3, -0.25) is 9.48 Å². The Morgan fingerprint density at radius 3 is 2.64 bits per heavy atom. The average molecular weight is 370 g/mol. The van der Waals surface area contributed by atoms with Gasteiger partial charge in [-0.1, -0.05) is 36.4 Å². The van der Waals surface area contributed by atoms with E-state index in [1.807, 2.05) is 60.3 Å². The topological polar surface area (TPSA) is 70.7 Å². The van der Waals surface area contributed by atoms with Crippen molar-refractivity contribution >= 4 is 5.91 Å². The molecule has 3 aromatic rings. The first-order valence-corrected chi connectivity index (χ1v) is 9.60. The van der Waals surface area contributed by atoms with Gasteiger partial charge in [0.15, 0.2) is 0 Å². The van der Waals surface area contributed by atoms with Gasteiger partial charge in [0.25, 0.3) is 5.91 Å². The predicted molar refractivity (Wildman–Crippen MR) is 108 cm³/mol. The van der Waals surface area contributed by atoms with E-state index in [9.17, 15) is 4.79 Å². The van der Waals surface area contributed by atoms with Crippen LogP contribution in [0.5, 0.6) is 0 Å². The lowest BCUT2D eigenvalue weighted by molar-refractivity contribution is 0.0933. The summed E-state index contributed by atoms with van der Waals surface area (Å²) in [4.78, 5) is 12.5. The van der Waals surface area contributed by atoms with Crippen molar-refractivity contribution in [2.24, 2.45) is 0 Å². The fourth-order valence-electron chi connectivity index (χ4n) is 3.40. The van der Waals surface area contributed by atoms with E-state index in [0.717, 1.165) is 29.5 Å². The highest BCUT2D eigenvalue weighted by Gasteiger charge is 2.21. The summed E-state index contributed by atoms with van der Waals surface area (Å²) in [6.45, 7) is 1.96. The van der Waals surface area contributed by atoms with E-state index in [-0.39, 0.29) is 11.9 Å². The van der Waals surface area contributed by atoms with Crippen LogP contribution >= 0.6 is 0 Å². The number of hydrogen-bond donors (Lipinski definition) is 1. The Morgan fingerprint density at radius 2 is 1.96 bits per heavy atom. The second-order valence-electron chi connectivity index (χ2n) is 7.28. The van der Waals surface area contributed by atoms with Gasteiger partial charge >= 0.3 is 0 Å². The zero-order valence-electron chi connectivity index (χ0n) is 15.8. The first kappa shape index (κ1) is 18.0. The Kier molecular flexibility index (Phi) is 4.94. The molecule has 1 amide bonds. The fourth-order valence-corrected chi connectivity index (χ4v) is 3.40. The molecular weight excluding hydrogens is 348 g/mol. The molecule has 28 heavy (non-hydrogen) atoms. The lowest BCUT2D eigenvalue weighted by Gasteiger charge is -2.25. The summed E-state index contributed by atoms with van der Waals surface area (Å²) in [5.74, 6) is -0.156. The number of benzene rings is 2. The molecule has 0 spiro atoms. The predicted octanol–water partition coefficient (Wildman–Crippen LogP) is 4.64. The normalized spacial score (nSPS) is 14.7. The van der Waals surface area contributed by atoms with Gasteiger partial charge in [-0.05, 0) is 61.1 Å². The van der Waals surface area contributed by atoms with E-state index >= 15 is 0 Å². The smallest absolute Gasteiger partial charge is 0.272 e. The number of carbonyl (C=O) groups is 1. The first-order valence-electron chi connectivity index (χ1n) is 9.60. The number of rotatable bonds is 5. The molecule has 4 rings (SSSR count). The van der Waals surface area contributed by atoms with Gasteiger partial charge in [0.05, 0.1) is 23.7 Å². The van der Waals surface area contributed by atoms with Gasteiger partial charge in [-0.2, -0.15) is 10.4 Å². The van der Waals surface area contributed by atoms with E-state index in [4.69, 9.17) is 5.26 Å². The summed E-state index contributed by atoms with van der Waals surface area (Å²) in [7, 11) is 0. The Hall–Kier alpha value is -3.39. The van der Waals surface area contributed by atoms with Crippen LogP contribution in [-0.4, -0.2) is 15.7 Å². The fraction of sp³-hybridized carbons (Fsp3) is 0.261. The van der Waals surface area contributed by atoms with Gasteiger partial charge < -0.3 is 5.32 Å². The highest BCUT2D eigenvalue weighted by Crippen LogP contribution is 2.30. The summed E-state index contributed by atoms with van der Waals surface area (Å²) in [5.41, 5.74) is 4.17. The third-order valence-electron chi connectivity index (χ3n) is 5.37. The molecule has 1 atom stereocenters. The summed E-state index contributed by atoms with van der Waals surface area (Å²) in [6, 6.07) is 19.8. The van der Waals surface area contributed by atoms with E-state index in [0.29, 0.717) is 17.3 Å². The number of nitrogens with one attached hydrogen (secondary N) is 1. The number of carbonyl (C=O) groups excluding carboxylic acids is 1. The minimum absolute atomic E-state index is 0.124. The first-order chi connectivity index (χ1) is 13.6. The van der Waals surface area contributed by atoms with Crippen molar-refractivity contribution in [1.82, 2.24) is 15.1 Å². The molecule has 140 valence electrons. The molecule has 5 heteroatoms. The van der Waals surface area contributed by atoms with Crippen LogP contribution in [-0.2, 0) is 0 Å². The highest BCUT2D eigenvalue weighted by molar-refractivity contribution is 5.92. The van der Waals surface area contributed by atoms with Gasteiger partial charge in [0.2, 0.25) is 0 Å². The van der Waals surface area contributed by atoms with Crippen LogP contribution in [0.25, 0.3) is 11.1 Å². The molecule has 1 fully saturated rings. The molecule has 1 aromatic heterocycles. The van der Waals surface area contributed by atoms with E-state index in [2.05, 4.69) is 16.5 Å². The SMILES string of the molecule is CC(NC(=O)c1ccn(C2CCC2)n1)c1ccc(-c2cccc(C#N)c2)cc1. The van der Waals surface area contributed by atoms with Crippen LogP contribution < -0.4 is 5.32 Å². The third-order valence-corrected chi connectivity index (χ3v) is 5.37. The molecule has 1 unspecified atom stereocenters. The molecule has 1 aliphatic rings. The Morgan fingerprint density at radius 1 is 1.18 bits per heavy atom. The van der Waals surface area contributed by atoms with Gasteiger partial charge in [0.1, 0.15) is 5.69 Å². The van der Waals surface area contributed by atoms with Gasteiger partial charge in [0, 0.05) is 6.20 Å². The largest absolute Gasteiger partial charge is 0.344 e. The summed E-state index contributed by atoms with van der Waals surface area (Å²) >= 11 is 0. The standard InChI is InChI=1S/C23H22N4O/c1-16(25-23(28)22-12-13-27(26-22)21-6-3-7-21)18-8-10-19(11-9-18)20-5-2-4-17(14-20)15-24/h2,4-5,8-14,16,21H,3,6-7H2,1H3,(H,25,28). The maximum atomic E-state index is 12.5. The number of nitriles is 1. The maximum Gasteiger partial charge on any atom is 0.272 e. The summed E-state index contributed by atoms with van der Waals surface area (Å²) in [5, 5.41) is 16.5. The zero-order valence-corrected chi connectivity index (χ0v) is 15.8. The van der Waals surface area contributed by atoms with Crippen molar-refractivity contribution in [3.63, 3.8) is 0 Å². The van der Waals surface area contributed by atoms with Gasteiger partial charge in [-0.15, -0.1) is 0 Å². The number of aromatic nitrogens is 2. The molecule has 0 radical (unpaired) electrons. The molecule has 0 saturated heterocycles.